The molecule has 0 aliphatic heterocycles. The Bertz CT molecular complexity index is 510. The van der Waals surface area contributed by atoms with Gasteiger partial charge in [-0.1, -0.05) is 0 Å². The number of amides is 1. The van der Waals surface area contributed by atoms with E-state index in [0.29, 0.717) is 24.7 Å². The molecular weight excluding hydrogens is 270 g/mol. The molecule has 1 amide bonds. The quantitative estimate of drug-likeness (QED) is 0.842. The zero-order chi connectivity index (χ0) is 14.8. The van der Waals surface area contributed by atoms with E-state index in [-0.39, 0.29) is 23.8 Å². The van der Waals surface area contributed by atoms with Crippen LogP contribution in [0.2, 0.25) is 0 Å². The van der Waals surface area contributed by atoms with Crippen LogP contribution in [0.5, 0.6) is 0 Å². The first-order valence-corrected chi connectivity index (χ1v) is 7.58. The topological polar surface area (TPSA) is 68.5 Å². The number of ether oxygens (including phenoxy) is 1. The van der Waals surface area contributed by atoms with Crippen LogP contribution in [0.4, 0.5) is 0 Å². The predicted octanol–water partition coefficient (Wildman–Crippen LogP) is 1.92. The number of hydrogen-bond donors (Lipinski definition) is 1. The number of hydrogen-bond acceptors (Lipinski definition) is 4. The number of esters is 1. The molecule has 0 saturated heterocycles. The van der Waals surface area contributed by atoms with Crippen molar-refractivity contribution in [3.63, 3.8) is 0 Å². The van der Waals surface area contributed by atoms with E-state index in [9.17, 15) is 9.59 Å². The Kier molecular flexibility index (Phi) is 3.99. The lowest BCUT2D eigenvalue weighted by molar-refractivity contribution is -0.148. The van der Waals surface area contributed by atoms with E-state index in [1.807, 2.05) is 12.1 Å². The third kappa shape index (κ3) is 2.82. The molecule has 0 radical (unpaired) electrons. The van der Waals surface area contributed by atoms with Gasteiger partial charge in [0.05, 0.1) is 19.3 Å². The Balaban J connectivity index is 1.57. The lowest BCUT2D eigenvalue weighted by atomic mass is 9.84. The van der Waals surface area contributed by atoms with Gasteiger partial charge in [0.2, 0.25) is 5.91 Å². The zero-order valence-corrected chi connectivity index (χ0v) is 12.2. The fourth-order valence-corrected chi connectivity index (χ4v) is 3.92. The Morgan fingerprint density at radius 3 is 2.90 bits per heavy atom. The molecule has 0 spiro atoms. The van der Waals surface area contributed by atoms with Crippen LogP contribution >= 0.6 is 0 Å². The van der Waals surface area contributed by atoms with E-state index in [2.05, 4.69) is 5.32 Å². The standard InChI is InChI=1S/C16H21NO4/c1-20-16(19)14-10-4-5-11(9-10)15(14)17-13(18)7-6-12-3-2-8-21-12/h2-3,8,10-11,14-15H,4-7,9H2,1H3,(H,17,18)/t10-,11-,14-,15+/m0/s1. The average Bonchev–Trinajstić information content (AvgIpc) is 3.21. The molecule has 2 fully saturated rings. The minimum Gasteiger partial charge on any atom is -0.469 e. The monoisotopic (exact) mass is 291 g/mol. The fraction of sp³-hybridized carbons (Fsp3) is 0.625. The first-order chi connectivity index (χ1) is 10.2. The molecule has 1 N–H and O–H groups in total. The normalized spacial score (nSPS) is 30.3. The van der Waals surface area contributed by atoms with Gasteiger partial charge in [-0.3, -0.25) is 9.59 Å². The van der Waals surface area contributed by atoms with Crippen molar-refractivity contribution in [1.82, 2.24) is 5.32 Å². The summed E-state index contributed by atoms with van der Waals surface area (Å²) in [4.78, 5) is 24.1. The lowest BCUT2D eigenvalue weighted by Gasteiger charge is -2.29. The molecule has 2 bridgehead atoms. The van der Waals surface area contributed by atoms with Gasteiger partial charge in [0.25, 0.3) is 0 Å². The molecule has 1 aromatic heterocycles. The summed E-state index contributed by atoms with van der Waals surface area (Å²) in [6, 6.07) is 3.62. The van der Waals surface area contributed by atoms with Crippen LogP contribution in [0.3, 0.4) is 0 Å². The smallest absolute Gasteiger partial charge is 0.311 e. The molecule has 4 atom stereocenters. The maximum Gasteiger partial charge on any atom is 0.311 e. The second-order valence-corrected chi connectivity index (χ2v) is 6.05. The molecular formula is C16H21NO4. The van der Waals surface area contributed by atoms with Crippen LogP contribution in [-0.2, 0) is 20.7 Å². The van der Waals surface area contributed by atoms with Crippen LogP contribution in [0.15, 0.2) is 22.8 Å². The van der Waals surface area contributed by atoms with Gasteiger partial charge >= 0.3 is 5.97 Å². The van der Waals surface area contributed by atoms with Gasteiger partial charge in [0.15, 0.2) is 0 Å². The maximum absolute atomic E-state index is 12.1. The van der Waals surface area contributed by atoms with Crippen molar-refractivity contribution in [1.29, 1.82) is 0 Å². The van der Waals surface area contributed by atoms with Crippen molar-refractivity contribution >= 4 is 11.9 Å². The summed E-state index contributed by atoms with van der Waals surface area (Å²) < 4.78 is 10.1. The van der Waals surface area contributed by atoms with Gasteiger partial charge < -0.3 is 14.5 Å². The number of fused-ring (bicyclic) bond motifs is 2. The minimum atomic E-state index is -0.182. The van der Waals surface area contributed by atoms with E-state index in [4.69, 9.17) is 9.15 Å². The molecule has 0 unspecified atom stereocenters. The first-order valence-electron chi connectivity index (χ1n) is 7.58. The van der Waals surface area contributed by atoms with Crippen LogP contribution in [0.25, 0.3) is 0 Å². The molecule has 1 heterocycles. The summed E-state index contributed by atoms with van der Waals surface area (Å²) in [5.41, 5.74) is 0. The number of nitrogens with one attached hydrogen (secondary N) is 1. The molecule has 2 saturated carbocycles. The highest BCUT2D eigenvalue weighted by Gasteiger charge is 2.51. The van der Waals surface area contributed by atoms with E-state index < -0.39 is 0 Å². The molecule has 114 valence electrons. The molecule has 2 aliphatic carbocycles. The predicted molar refractivity (Wildman–Crippen MR) is 75.3 cm³/mol. The lowest BCUT2D eigenvalue weighted by Crippen LogP contribution is -2.47. The van der Waals surface area contributed by atoms with Gasteiger partial charge in [-0.25, -0.2) is 0 Å². The maximum atomic E-state index is 12.1. The number of methoxy groups -OCH3 is 1. The summed E-state index contributed by atoms with van der Waals surface area (Å²) in [7, 11) is 1.42. The number of carbonyl (C=O) groups excluding carboxylic acids is 2. The van der Waals surface area contributed by atoms with Crippen molar-refractivity contribution < 1.29 is 18.7 Å². The van der Waals surface area contributed by atoms with Gasteiger partial charge in [0, 0.05) is 18.9 Å². The molecule has 5 nitrogen and oxygen atoms in total. The van der Waals surface area contributed by atoms with Crippen LogP contribution in [0.1, 0.15) is 31.4 Å². The van der Waals surface area contributed by atoms with Crippen molar-refractivity contribution in [3.05, 3.63) is 24.2 Å². The van der Waals surface area contributed by atoms with Gasteiger partial charge in [-0.05, 0) is 43.2 Å². The Labute approximate surface area is 124 Å². The highest BCUT2D eigenvalue weighted by molar-refractivity contribution is 5.79. The minimum absolute atomic E-state index is 0.0159. The van der Waals surface area contributed by atoms with E-state index >= 15 is 0 Å². The molecule has 5 heteroatoms. The van der Waals surface area contributed by atoms with E-state index in [1.54, 1.807) is 6.26 Å². The fourth-order valence-electron chi connectivity index (χ4n) is 3.92. The SMILES string of the molecule is COC(=O)[C@H]1[C@H]2CC[C@@H](C2)[C@H]1NC(=O)CCc1ccco1. The summed E-state index contributed by atoms with van der Waals surface area (Å²) in [6.07, 6.45) is 5.78. The largest absolute Gasteiger partial charge is 0.469 e. The highest BCUT2D eigenvalue weighted by atomic mass is 16.5. The van der Waals surface area contributed by atoms with Crippen molar-refractivity contribution in [2.24, 2.45) is 17.8 Å². The van der Waals surface area contributed by atoms with Crippen LogP contribution in [-0.4, -0.2) is 25.0 Å². The Morgan fingerprint density at radius 2 is 2.19 bits per heavy atom. The van der Waals surface area contributed by atoms with Gasteiger partial charge in [-0.15, -0.1) is 0 Å². The van der Waals surface area contributed by atoms with Gasteiger partial charge in [0.1, 0.15) is 5.76 Å². The van der Waals surface area contributed by atoms with Gasteiger partial charge in [-0.2, -0.15) is 0 Å². The number of carbonyl (C=O) groups is 2. The average molecular weight is 291 g/mol. The number of furan rings is 1. The summed E-state index contributed by atoms with van der Waals surface area (Å²) in [6.45, 7) is 0. The third-order valence-corrected chi connectivity index (χ3v) is 4.90. The van der Waals surface area contributed by atoms with Crippen LogP contribution < -0.4 is 5.32 Å². The second kappa shape index (κ2) is 5.92. The number of aryl methyl sites for hydroxylation is 1. The first kappa shape index (κ1) is 14.2. The van der Waals surface area contributed by atoms with Crippen molar-refractivity contribution in [2.75, 3.05) is 7.11 Å². The molecule has 2 aliphatic rings. The molecule has 3 rings (SSSR count). The third-order valence-electron chi connectivity index (χ3n) is 4.90. The van der Waals surface area contributed by atoms with E-state index in [1.165, 1.54) is 7.11 Å². The van der Waals surface area contributed by atoms with Crippen LogP contribution in [0, 0.1) is 17.8 Å². The van der Waals surface area contributed by atoms with Crippen molar-refractivity contribution in [2.45, 2.75) is 38.1 Å². The molecule has 0 aromatic carbocycles. The highest BCUT2D eigenvalue weighted by Crippen LogP contribution is 2.48. The molecule has 1 aromatic rings. The van der Waals surface area contributed by atoms with E-state index in [0.717, 1.165) is 25.0 Å². The Hall–Kier alpha value is -1.78. The van der Waals surface area contributed by atoms with Crippen molar-refractivity contribution in [3.8, 4) is 0 Å². The summed E-state index contributed by atoms with van der Waals surface area (Å²) >= 11 is 0. The zero-order valence-electron chi connectivity index (χ0n) is 12.2. The number of rotatable bonds is 5. The second-order valence-electron chi connectivity index (χ2n) is 6.05. The summed E-state index contributed by atoms with van der Waals surface area (Å²) in [5, 5.41) is 3.06. The summed E-state index contributed by atoms with van der Waals surface area (Å²) in [5.74, 6) is 1.24. The Morgan fingerprint density at radius 1 is 1.38 bits per heavy atom. The molecule has 21 heavy (non-hydrogen) atoms.